The lowest BCUT2D eigenvalue weighted by molar-refractivity contribution is -0.121. The van der Waals surface area contributed by atoms with Crippen LogP contribution < -0.4 is 19.3 Å². The van der Waals surface area contributed by atoms with E-state index in [1.165, 1.54) is 6.08 Å². The first kappa shape index (κ1) is 27.9. The average molecular weight is 611 g/mol. The Labute approximate surface area is 246 Å². The number of nitrogens with zero attached hydrogens (tertiary/aromatic N) is 2. The summed E-state index contributed by atoms with van der Waals surface area (Å²) < 4.78 is 12.6. The molecule has 1 aliphatic heterocycles. The van der Waals surface area contributed by atoms with Gasteiger partial charge in [-0.3, -0.25) is 9.59 Å². The second kappa shape index (κ2) is 12.2. The van der Waals surface area contributed by atoms with Crippen LogP contribution in [0.2, 0.25) is 0 Å². The number of anilines is 2. The number of ether oxygens (including phenoxy) is 2. The molecule has 0 spiro atoms. The number of rotatable bonds is 8. The fraction of sp³-hybridized carbons (Fsp3) is 0.121. The predicted molar refractivity (Wildman–Crippen MR) is 162 cm³/mol. The Bertz CT molecular complexity index is 1560. The predicted octanol–water partition coefficient (Wildman–Crippen LogP) is 7.32. The number of halogens is 1. The van der Waals surface area contributed by atoms with Crippen molar-refractivity contribution < 1.29 is 23.9 Å². The number of para-hydroxylation sites is 2. The van der Waals surface area contributed by atoms with Gasteiger partial charge in [-0.25, -0.2) is 14.6 Å². The van der Waals surface area contributed by atoms with Gasteiger partial charge >= 0.3 is 6.03 Å². The summed E-state index contributed by atoms with van der Waals surface area (Å²) in [7, 11) is 0. The van der Waals surface area contributed by atoms with Gasteiger partial charge in [0.15, 0.2) is 11.5 Å². The van der Waals surface area contributed by atoms with Crippen molar-refractivity contribution in [1.29, 1.82) is 0 Å². The van der Waals surface area contributed by atoms with Gasteiger partial charge in [0.2, 0.25) is 0 Å². The van der Waals surface area contributed by atoms with E-state index < -0.39 is 17.8 Å². The van der Waals surface area contributed by atoms with Crippen molar-refractivity contribution in [1.82, 2.24) is 0 Å². The molecule has 4 aromatic carbocycles. The smallest absolute Gasteiger partial charge is 0.343 e. The number of benzene rings is 4. The number of amides is 4. The van der Waals surface area contributed by atoms with Gasteiger partial charge in [-0.05, 0) is 83.4 Å². The highest BCUT2D eigenvalue weighted by molar-refractivity contribution is 9.10. The zero-order valence-corrected chi connectivity index (χ0v) is 24.1. The van der Waals surface area contributed by atoms with Crippen LogP contribution in [0.5, 0.6) is 11.5 Å². The first-order valence-electron chi connectivity index (χ1n) is 13.1. The fourth-order valence-electron chi connectivity index (χ4n) is 4.42. The number of urea groups is 1. The third-order valence-electron chi connectivity index (χ3n) is 6.42. The molecule has 1 heterocycles. The Balaban J connectivity index is 1.55. The fourth-order valence-corrected chi connectivity index (χ4v) is 4.99. The molecule has 5 rings (SSSR count). The van der Waals surface area contributed by atoms with Gasteiger partial charge in [-0.1, -0.05) is 66.2 Å². The summed E-state index contributed by atoms with van der Waals surface area (Å²) in [5, 5.41) is 0. The molecule has 0 aromatic heterocycles. The largest absolute Gasteiger partial charge is 0.490 e. The van der Waals surface area contributed by atoms with E-state index in [0.29, 0.717) is 46.1 Å². The summed E-state index contributed by atoms with van der Waals surface area (Å²) in [5.74, 6) is -0.477. The molecule has 206 valence electrons. The minimum atomic E-state index is -0.745. The van der Waals surface area contributed by atoms with Crippen LogP contribution >= 0.6 is 15.9 Å². The Morgan fingerprint density at radius 1 is 0.756 bits per heavy atom. The van der Waals surface area contributed by atoms with E-state index in [2.05, 4.69) is 15.9 Å². The number of imide groups is 2. The minimum absolute atomic E-state index is 0.167. The van der Waals surface area contributed by atoms with Gasteiger partial charge in [0.05, 0.1) is 22.5 Å². The highest BCUT2D eigenvalue weighted by atomic mass is 79.9. The monoisotopic (exact) mass is 610 g/mol. The third-order valence-corrected chi connectivity index (χ3v) is 7.01. The lowest BCUT2D eigenvalue weighted by Crippen LogP contribution is -2.57. The lowest BCUT2D eigenvalue weighted by atomic mass is 10.0. The second-order valence-electron chi connectivity index (χ2n) is 9.33. The number of hydrogen-bond donors (Lipinski definition) is 0. The topological polar surface area (TPSA) is 76.2 Å². The molecule has 41 heavy (non-hydrogen) atoms. The summed E-state index contributed by atoms with van der Waals surface area (Å²) in [4.78, 5) is 42.9. The molecule has 0 atom stereocenters. The third kappa shape index (κ3) is 5.93. The summed E-state index contributed by atoms with van der Waals surface area (Å²) in [5.41, 5.74) is 3.24. The summed E-state index contributed by atoms with van der Waals surface area (Å²) in [6, 6.07) is 27.8. The summed E-state index contributed by atoms with van der Waals surface area (Å²) in [6.45, 7) is 4.59. The van der Waals surface area contributed by atoms with Gasteiger partial charge in [-0.15, -0.1) is 0 Å². The zero-order valence-electron chi connectivity index (χ0n) is 22.5. The molecule has 1 saturated heterocycles. The van der Waals surface area contributed by atoms with Crippen molar-refractivity contribution in [3.05, 3.63) is 124 Å². The van der Waals surface area contributed by atoms with Crippen LogP contribution in [0, 0.1) is 6.92 Å². The lowest BCUT2D eigenvalue weighted by Gasteiger charge is -2.34. The standard InChI is InChI=1S/C33H27BrN2O5/c1-3-40-29-20-24(19-28(34)30(29)41-21-23-16-14-22(2)15-17-23)18-27-31(37)35(25-10-6-4-7-11-25)33(39)36(32(27)38)26-12-8-5-9-13-26/h4-20H,3,21H2,1-2H3. The molecule has 1 fully saturated rings. The molecule has 0 aliphatic carbocycles. The normalized spacial score (nSPS) is 13.4. The second-order valence-corrected chi connectivity index (χ2v) is 10.2. The molecule has 1 aliphatic rings. The Hall–Kier alpha value is -4.69. The number of carbonyl (C=O) groups excluding carboxylic acids is 3. The number of aryl methyl sites for hydroxylation is 1. The maximum Gasteiger partial charge on any atom is 0.343 e. The van der Waals surface area contributed by atoms with Crippen LogP contribution in [0.4, 0.5) is 16.2 Å². The molecular formula is C33H27BrN2O5. The zero-order chi connectivity index (χ0) is 28.9. The first-order valence-corrected chi connectivity index (χ1v) is 13.9. The molecule has 4 aromatic rings. The van der Waals surface area contributed by atoms with Gasteiger partial charge < -0.3 is 9.47 Å². The Morgan fingerprint density at radius 3 is 1.85 bits per heavy atom. The van der Waals surface area contributed by atoms with E-state index in [1.807, 2.05) is 38.1 Å². The molecule has 0 saturated carbocycles. The molecule has 7 nitrogen and oxygen atoms in total. The van der Waals surface area contributed by atoms with Crippen LogP contribution in [0.3, 0.4) is 0 Å². The van der Waals surface area contributed by atoms with Crippen LogP contribution in [-0.2, 0) is 16.2 Å². The quantitative estimate of drug-likeness (QED) is 0.154. The first-order chi connectivity index (χ1) is 19.9. The molecule has 0 unspecified atom stereocenters. The molecule has 4 amide bonds. The molecule has 0 radical (unpaired) electrons. The van der Waals surface area contributed by atoms with E-state index >= 15 is 0 Å². The number of hydrogen-bond acceptors (Lipinski definition) is 5. The van der Waals surface area contributed by atoms with Crippen LogP contribution in [0.15, 0.2) is 107 Å². The van der Waals surface area contributed by atoms with E-state index in [9.17, 15) is 14.4 Å². The van der Waals surface area contributed by atoms with Crippen molar-refractivity contribution in [2.45, 2.75) is 20.5 Å². The number of carbonyl (C=O) groups is 3. The maximum absolute atomic E-state index is 13.7. The van der Waals surface area contributed by atoms with Crippen molar-refractivity contribution >= 4 is 51.2 Å². The van der Waals surface area contributed by atoms with Crippen LogP contribution in [0.1, 0.15) is 23.6 Å². The van der Waals surface area contributed by atoms with Crippen molar-refractivity contribution in [3.8, 4) is 11.5 Å². The Kier molecular flexibility index (Phi) is 8.31. The van der Waals surface area contributed by atoms with Crippen molar-refractivity contribution in [2.24, 2.45) is 0 Å². The number of barbiturate groups is 1. The van der Waals surface area contributed by atoms with Gasteiger partial charge in [0, 0.05) is 0 Å². The Morgan fingerprint density at radius 2 is 1.32 bits per heavy atom. The van der Waals surface area contributed by atoms with Gasteiger partial charge in [0.1, 0.15) is 12.2 Å². The molecule has 8 heteroatoms. The molecular weight excluding hydrogens is 584 g/mol. The van der Waals surface area contributed by atoms with Crippen molar-refractivity contribution in [2.75, 3.05) is 16.4 Å². The van der Waals surface area contributed by atoms with Gasteiger partial charge in [-0.2, -0.15) is 0 Å². The maximum atomic E-state index is 13.7. The van der Waals surface area contributed by atoms with E-state index in [1.54, 1.807) is 72.8 Å². The van der Waals surface area contributed by atoms with E-state index in [-0.39, 0.29) is 5.57 Å². The average Bonchev–Trinajstić information content (AvgIpc) is 2.97. The highest BCUT2D eigenvalue weighted by Gasteiger charge is 2.43. The minimum Gasteiger partial charge on any atom is -0.490 e. The van der Waals surface area contributed by atoms with E-state index in [0.717, 1.165) is 20.9 Å². The van der Waals surface area contributed by atoms with E-state index in [4.69, 9.17) is 9.47 Å². The summed E-state index contributed by atoms with van der Waals surface area (Å²) in [6.07, 6.45) is 1.47. The SMILES string of the molecule is CCOc1cc(C=C2C(=O)N(c3ccccc3)C(=O)N(c3ccccc3)C2=O)cc(Br)c1OCc1ccc(C)cc1. The van der Waals surface area contributed by atoms with Crippen LogP contribution in [-0.4, -0.2) is 24.5 Å². The molecule has 0 bridgehead atoms. The highest BCUT2D eigenvalue weighted by Crippen LogP contribution is 2.39. The van der Waals surface area contributed by atoms with Crippen molar-refractivity contribution in [3.63, 3.8) is 0 Å². The van der Waals surface area contributed by atoms with Gasteiger partial charge in [0.25, 0.3) is 11.8 Å². The molecule has 0 N–H and O–H groups in total. The van der Waals surface area contributed by atoms with Crippen LogP contribution in [0.25, 0.3) is 6.08 Å². The summed E-state index contributed by atoms with van der Waals surface area (Å²) >= 11 is 3.58.